The van der Waals surface area contributed by atoms with E-state index in [0.717, 1.165) is 35.4 Å². The molecule has 118 valence electrons. The summed E-state index contributed by atoms with van der Waals surface area (Å²) in [4.78, 5) is 12.6. The topological polar surface area (TPSA) is 89.3 Å². The fourth-order valence-electron chi connectivity index (χ4n) is 3.12. The van der Waals surface area contributed by atoms with Crippen molar-refractivity contribution in [3.8, 4) is 5.75 Å². The summed E-state index contributed by atoms with van der Waals surface area (Å²) in [6, 6.07) is 7.35. The van der Waals surface area contributed by atoms with E-state index < -0.39 is 0 Å². The Morgan fingerprint density at radius 2 is 2.13 bits per heavy atom. The normalized spacial score (nSPS) is 20.0. The summed E-state index contributed by atoms with van der Waals surface area (Å²) in [7, 11) is 1.62. The van der Waals surface area contributed by atoms with E-state index in [-0.39, 0.29) is 11.8 Å². The molecule has 1 aliphatic heterocycles. The first-order valence-electron chi connectivity index (χ1n) is 7.52. The molecule has 0 bridgehead atoms. The van der Waals surface area contributed by atoms with Crippen LogP contribution in [-0.2, 0) is 4.79 Å². The molecule has 0 saturated carbocycles. The van der Waals surface area contributed by atoms with Crippen molar-refractivity contribution in [1.82, 2.24) is 10.3 Å². The second-order valence-corrected chi connectivity index (χ2v) is 5.61. The first-order valence-corrected chi connectivity index (χ1v) is 7.52. The Kier molecular flexibility index (Phi) is 3.25. The Morgan fingerprint density at radius 1 is 1.26 bits per heavy atom. The number of ether oxygens (including phenoxy) is 1. The maximum absolute atomic E-state index is 12.6. The highest BCUT2D eigenvalue weighted by molar-refractivity contribution is 6.00. The SMILES string of the molecule is COc1cccc([C@H]2Nc3nonc3NC3=C2C(=O)CCC3)c1. The lowest BCUT2D eigenvalue weighted by Crippen LogP contribution is -2.23. The fraction of sp³-hybridized carbons (Fsp3) is 0.312. The second kappa shape index (κ2) is 5.42. The average Bonchev–Trinajstić information content (AvgIpc) is 2.94. The Morgan fingerprint density at radius 3 is 3.00 bits per heavy atom. The van der Waals surface area contributed by atoms with Gasteiger partial charge >= 0.3 is 0 Å². The Labute approximate surface area is 132 Å². The number of benzene rings is 1. The van der Waals surface area contributed by atoms with Gasteiger partial charge in [0.25, 0.3) is 0 Å². The summed E-state index contributed by atoms with van der Waals surface area (Å²) in [5, 5.41) is 14.2. The minimum atomic E-state index is -0.312. The third-order valence-corrected chi connectivity index (χ3v) is 4.21. The number of fused-ring (bicyclic) bond motifs is 1. The van der Waals surface area contributed by atoms with E-state index in [0.29, 0.717) is 18.1 Å². The van der Waals surface area contributed by atoms with Crippen LogP contribution in [0.2, 0.25) is 0 Å². The number of Topliss-reactive ketones (excluding diaryl/α,β-unsaturated/α-hetero) is 1. The molecule has 1 aromatic heterocycles. The van der Waals surface area contributed by atoms with Crippen molar-refractivity contribution >= 4 is 17.4 Å². The first-order chi connectivity index (χ1) is 11.3. The minimum absolute atomic E-state index is 0.140. The van der Waals surface area contributed by atoms with Crippen LogP contribution < -0.4 is 15.4 Å². The van der Waals surface area contributed by atoms with Crippen LogP contribution >= 0.6 is 0 Å². The molecule has 7 nitrogen and oxygen atoms in total. The predicted molar refractivity (Wildman–Crippen MR) is 83.2 cm³/mol. The highest BCUT2D eigenvalue weighted by Crippen LogP contribution is 2.39. The number of rotatable bonds is 2. The van der Waals surface area contributed by atoms with Crippen LogP contribution in [0, 0.1) is 0 Å². The number of hydrogen-bond donors (Lipinski definition) is 2. The lowest BCUT2D eigenvalue weighted by molar-refractivity contribution is -0.116. The zero-order chi connectivity index (χ0) is 15.8. The van der Waals surface area contributed by atoms with Gasteiger partial charge in [-0.1, -0.05) is 12.1 Å². The molecule has 1 aliphatic carbocycles. The molecule has 2 aromatic rings. The van der Waals surface area contributed by atoms with E-state index in [1.54, 1.807) is 7.11 Å². The molecular weight excluding hydrogens is 296 g/mol. The Hall–Kier alpha value is -2.83. The largest absolute Gasteiger partial charge is 0.497 e. The molecule has 0 unspecified atom stereocenters. The molecule has 2 aliphatic rings. The number of carbonyl (C=O) groups excluding carboxylic acids is 1. The quantitative estimate of drug-likeness (QED) is 0.881. The third kappa shape index (κ3) is 2.34. The minimum Gasteiger partial charge on any atom is -0.497 e. The maximum Gasteiger partial charge on any atom is 0.219 e. The number of nitrogens with one attached hydrogen (secondary N) is 2. The van der Waals surface area contributed by atoms with Gasteiger partial charge < -0.3 is 15.4 Å². The summed E-state index contributed by atoms with van der Waals surface area (Å²) in [6.07, 6.45) is 2.18. The van der Waals surface area contributed by atoms with Crippen LogP contribution in [0.25, 0.3) is 0 Å². The monoisotopic (exact) mass is 312 g/mol. The summed E-state index contributed by atoms with van der Waals surface area (Å²) in [6.45, 7) is 0. The predicted octanol–water partition coefficient (Wildman–Crippen LogP) is 2.66. The molecule has 2 heterocycles. The number of anilines is 2. The van der Waals surface area contributed by atoms with Gasteiger partial charge in [0.1, 0.15) is 5.75 Å². The van der Waals surface area contributed by atoms with Gasteiger partial charge in [-0.2, -0.15) is 0 Å². The number of allylic oxidation sites excluding steroid dienone is 1. The van der Waals surface area contributed by atoms with Crippen molar-refractivity contribution in [1.29, 1.82) is 0 Å². The Balaban J connectivity index is 1.85. The van der Waals surface area contributed by atoms with Crippen molar-refractivity contribution in [3.05, 3.63) is 41.1 Å². The average molecular weight is 312 g/mol. The van der Waals surface area contributed by atoms with Crippen LogP contribution in [0.3, 0.4) is 0 Å². The zero-order valence-electron chi connectivity index (χ0n) is 12.6. The number of methoxy groups -OCH3 is 1. The van der Waals surface area contributed by atoms with Crippen molar-refractivity contribution in [2.45, 2.75) is 25.3 Å². The van der Waals surface area contributed by atoms with Crippen LogP contribution in [0.4, 0.5) is 11.6 Å². The number of nitrogens with zero attached hydrogens (tertiary/aromatic N) is 2. The van der Waals surface area contributed by atoms with E-state index in [9.17, 15) is 4.79 Å². The maximum atomic E-state index is 12.6. The van der Waals surface area contributed by atoms with Crippen LogP contribution in [0.15, 0.2) is 40.2 Å². The van der Waals surface area contributed by atoms with E-state index in [1.165, 1.54) is 0 Å². The van der Waals surface area contributed by atoms with Gasteiger partial charge in [0, 0.05) is 17.7 Å². The molecule has 2 N–H and O–H groups in total. The van der Waals surface area contributed by atoms with Crippen LogP contribution in [0.5, 0.6) is 5.75 Å². The van der Waals surface area contributed by atoms with Gasteiger partial charge in [-0.05, 0) is 40.9 Å². The van der Waals surface area contributed by atoms with Crippen molar-refractivity contribution in [2.75, 3.05) is 17.7 Å². The lowest BCUT2D eigenvalue weighted by atomic mass is 9.87. The van der Waals surface area contributed by atoms with Gasteiger partial charge in [0.05, 0.1) is 13.2 Å². The molecule has 0 amide bonds. The lowest BCUT2D eigenvalue weighted by Gasteiger charge is -2.25. The van der Waals surface area contributed by atoms with E-state index in [1.807, 2.05) is 24.3 Å². The number of ketones is 1. The molecule has 0 saturated heterocycles. The Bertz CT molecular complexity index is 796. The standard InChI is InChI=1S/C16H16N4O3/c1-22-10-5-2-4-9(8-10)14-13-11(6-3-7-12(13)21)17-15-16(18-14)20-23-19-15/h2,4-5,8,14H,3,6-7H2,1H3,(H,17,19)(H,18,20)/t14-/m1/s1. The summed E-state index contributed by atoms with van der Waals surface area (Å²) >= 11 is 0. The zero-order valence-corrected chi connectivity index (χ0v) is 12.6. The summed E-state index contributed by atoms with van der Waals surface area (Å²) in [5.41, 5.74) is 2.56. The third-order valence-electron chi connectivity index (χ3n) is 4.21. The fourth-order valence-corrected chi connectivity index (χ4v) is 3.12. The number of carbonyl (C=O) groups is 1. The first kappa shape index (κ1) is 13.8. The van der Waals surface area contributed by atoms with Crippen LogP contribution in [0.1, 0.15) is 30.9 Å². The molecule has 0 fully saturated rings. The second-order valence-electron chi connectivity index (χ2n) is 5.61. The van der Waals surface area contributed by atoms with E-state index in [2.05, 4.69) is 20.9 Å². The van der Waals surface area contributed by atoms with Crippen molar-refractivity contribution < 1.29 is 14.2 Å². The highest BCUT2D eigenvalue weighted by atomic mass is 16.6. The molecule has 0 spiro atoms. The van der Waals surface area contributed by atoms with Gasteiger partial charge in [0.15, 0.2) is 5.78 Å². The highest BCUT2D eigenvalue weighted by Gasteiger charge is 2.33. The molecule has 23 heavy (non-hydrogen) atoms. The summed E-state index contributed by atoms with van der Waals surface area (Å²) < 4.78 is 10.1. The molecule has 1 atom stereocenters. The van der Waals surface area contributed by atoms with Gasteiger partial charge in [-0.25, -0.2) is 4.63 Å². The molecular formula is C16H16N4O3. The van der Waals surface area contributed by atoms with Gasteiger partial charge in [-0.15, -0.1) is 0 Å². The van der Waals surface area contributed by atoms with Gasteiger partial charge in [0.2, 0.25) is 11.6 Å². The molecule has 0 radical (unpaired) electrons. The van der Waals surface area contributed by atoms with Crippen LogP contribution in [-0.4, -0.2) is 23.2 Å². The van der Waals surface area contributed by atoms with E-state index >= 15 is 0 Å². The molecule has 1 aromatic carbocycles. The number of aromatic nitrogens is 2. The number of hydrogen-bond acceptors (Lipinski definition) is 7. The molecule has 7 heteroatoms. The van der Waals surface area contributed by atoms with Gasteiger partial charge in [-0.3, -0.25) is 4.79 Å². The smallest absolute Gasteiger partial charge is 0.219 e. The van der Waals surface area contributed by atoms with Crippen molar-refractivity contribution in [3.63, 3.8) is 0 Å². The molecule has 4 rings (SSSR count). The van der Waals surface area contributed by atoms with Crippen molar-refractivity contribution in [2.24, 2.45) is 0 Å². The van der Waals surface area contributed by atoms with E-state index in [4.69, 9.17) is 9.37 Å². The summed E-state index contributed by atoms with van der Waals surface area (Å²) in [5.74, 6) is 1.89.